The van der Waals surface area contributed by atoms with E-state index in [1.54, 1.807) is 9.80 Å². The molecule has 0 aromatic heterocycles. The second-order valence-electron chi connectivity index (χ2n) is 4.53. The second-order valence-corrected chi connectivity index (χ2v) is 4.53. The number of rotatable bonds is 0. The Morgan fingerprint density at radius 3 is 1.56 bits per heavy atom. The van der Waals surface area contributed by atoms with Gasteiger partial charge in [0.1, 0.15) is 5.82 Å². The van der Waals surface area contributed by atoms with Crippen molar-refractivity contribution in [3.05, 3.63) is 11.6 Å². The number of carbonyl (C=O) groups is 2. The van der Waals surface area contributed by atoms with E-state index in [1.165, 1.54) is 0 Å². The van der Waals surface area contributed by atoms with Crippen molar-refractivity contribution in [2.24, 2.45) is 0 Å². The number of amides is 2. The van der Waals surface area contributed by atoms with Crippen molar-refractivity contribution < 1.29 is 9.59 Å². The molecule has 0 aromatic rings. The third-order valence-corrected chi connectivity index (χ3v) is 3.81. The quantitative estimate of drug-likeness (QED) is 0.463. The van der Waals surface area contributed by atoms with Crippen LogP contribution in [0.25, 0.3) is 0 Å². The average molecular weight is 220 g/mol. The molecule has 6 heteroatoms. The molecule has 0 atom stereocenters. The summed E-state index contributed by atoms with van der Waals surface area (Å²) in [5.74, 6) is 1.23. The van der Waals surface area contributed by atoms with Gasteiger partial charge in [-0.05, 0) is 0 Å². The van der Waals surface area contributed by atoms with Crippen LogP contribution in [0.5, 0.6) is 0 Å². The Kier molecular flexibility index (Phi) is 1.32. The number of hydrogen-bond acceptors (Lipinski definition) is 4. The maximum absolute atomic E-state index is 11.8. The highest BCUT2D eigenvalue weighted by Crippen LogP contribution is 2.36. The third-order valence-electron chi connectivity index (χ3n) is 3.81. The molecule has 0 aliphatic carbocycles. The summed E-state index contributed by atoms with van der Waals surface area (Å²) in [4.78, 5) is 31.4. The van der Waals surface area contributed by atoms with E-state index in [1.807, 2.05) is 0 Å². The van der Waals surface area contributed by atoms with Gasteiger partial charge >= 0.3 is 11.8 Å². The van der Waals surface area contributed by atoms with Gasteiger partial charge in [-0.25, -0.2) is 0 Å². The summed E-state index contributed by atoms with van der Waals surface area (Å²) in [5.41, 5.74) is 0. The minimum absolute atomic E-state index is 0.351. The second kappa shape index (κ2) is 2.50. The van der Waals surface area contributed by atoms with E-state index in [4.69, 9.17) is 0 Å². The van der Waals surface area contributed by atoms with Gasteiger partial charge in [-0.3, -0.25) is 19.4 Å². The van der Waals surface area contributed by atoms with Crippen LogP contribution in [0.2, 0.25) is 0 Å². The van der Waals surface area contributed by atoms with Crippen molar-refractivity contribution in [2.75, 3.05) is 39.3 Å². The highest BCUT2D eigenvalue weighted by Gasteiger charge is 2.50. The maximum Gasteiger partial charge on any atom is 0.318 e. The third kappa shape index (κ3) is 0.762. The van der Waals surface area contributed by atoms with Crippen molar-refractivity contribution >= 4 is 11.8 Å². The lowest BCUT2D eigenvalue weighted by molar-refractivity contribution is -0.143. The van der Waals surface area contributed by atoms with Crippen LogP contribution >= 0.6 is 0 Å². The molecule has 2 fully saturated rings. The van der Waals surface area contributed by atoms with E-state index >= 15 is 0 Å². The monoisotopic (exact) mass is 220 g/mol. The lowest BCUT2D eigenvalue weighted by Gasteiger charge is -2.39. The first kappa shape index (κ1) is 8.43. The van der Waals surface area contributed by atoms with Crippen LogP contribution in [0.1, 0.15) is 0 Å². The van der Waals surface area contributed by atoms with E-state index in [0.717, 1.165) is 37.8 Å². The van der Waals surface area contributed by atoms with Crippen LogP contribution in [0, 0.1) is 0 Å². The van der Waals surface area contributed by atoms with Gasteiger partial charge in [-0.1, -0.05) is 0 Å². The van der Waals surface area contributed by atoms with Crippen molar-refractivity contribution in [2.45, 2.75) is 0 Å². The standard InChI is InChI=1S/C10H12N4O2/c15-9-10(16)14-6-4-12-2-1-11-3-5-13(9)8(14)7(11)12/h1-6H2. The maximum atomic E-state index is 11.8. The molecule has 0 unspecified atom stereocenters. The van der Waals surface area contributed by atoms with Crippen LogP contribution in [-0.4, -0.2) is 70.7 Å². The highest BCUT2D eigenvalue weighted by atomic mass is 16.2. The zero-order valence-electron chi connectivity index (χ0n) is 8.85. The average Bonchev–Trinajstić information content (AvgIpc) is 2.82. The van der Waals surface area contributed by atoms with Gasteiger partial charge in [-0.2, -0.15) is 0 Å². The Balaban J connectivity index is 1.94. The van der Waals surface area contributed by atoms with Crippen molar-refractivity contribution in [3.8, 4) is 0 Å². The minimum Gasteiger partial charge on any atom is -0.352 e. The first-order valence-corrected chi connectivity index (χ1v) is 5.65. The number of hydrogen-bond donors (Lipinski definition) is 0. The zero-order chi connectivity index (χ0) is 10.9. The van der Waals surface area contributed by atoms with Gasteiger partial charge < -0.3 is 9.80 Å². The summed E-state index contributed by atoms with van der Waals surface area (Å²) < 4.78 is 0. The molecule has 4 aliphatic rings. The summed E-state index contributed by atoms with van der Waals surface area (Å²) >= 11 is 0. The summed E-state index contributed by atoms with van der Waals surface area (Å²) in [5, 5.41) is 0. The van der Waals surface area contributed by atoms with Crippen LogP contribution in [0.4, 0.5) is 0 Å². The van der Waals surface area contributed by atoms with E-state index in [2.05, 4.69) is 9.80 Å². The molecular weight excluding hydrogens is 208 g/mol. The predicted octanol–water partition coefficient (Wildman–Crippen LogP) is -1.57. The molecule has 4 aliphatic heterocycles. The fraction of sp³-hybridized carbons (Fsp3) is 0.600. The molecule has 0 bridgehead atoms. The lowest BCUT2D eigenvalue weighted by atomic mass is 10.3. The Hall–Kier alpha value is -1.72. The number of nitrogens with zero attached hydrogens (tertiary/aromatic N) is 4. The summed E-state index contributed by atoms with van der Waals surface area (Å²) in [6, 6.07) is 0. The molecule has 4 rings (SSSR count). The molecule has 6 nitrogen and oxygen atoms in total. The van der Waals surface area contributed by atoms with E-state index < -0.39 is 0 Å². The largest absolute Gasteiger partial charge is 0.352 e. The molecule has 0 radical (unpaired) electrons. The minimum atomic E-state index is -0.351. The molecule has 4 heterocycles. The fourth-order valence-electron chi connectivity index (χ4n) is 3.04. The topological polar surface area (TPSA) is 47.1 Å². The normalized spacial score (nSPS) is 27.2. The summed E-state index contributed by atoms with van der Waals surface area (Å²) in [6.45, 7) is 5.03. The Morgan fingerprint density at radius 2 is 1.06 bits per heavy atom. The summed E-state index contributed by atoms with van der Waals surface area (Å²) in [7, 11) is 0. The molecule has 2 amide bonds. The van der Waals surface area contributed by atoms with Gasteiger partial charge in [0, 0.05) is 39.3 Å². The molecule has 84 valence electrons. The highest BCUT2D eigenvalue weighted by molar-refractivity contribution is 6.38. The van der Waals surface area contributed by atoms with Crippen LogP contribution in [0.15, 0.2) is 11.6 Å². The van der Waals surface area contributed by atoms with Gasteiger partial charge in [0.05, 0.1) is 0 Å². The van der Waals surface area contributed by atoms with Gasteiger partial charge in [-0.15, -0.1) is 0 Å². The van der Waals surface area contributed by atoms with E-state index in [0.29, 0.717) is 13.1 Å². The molecule has 2 saturated heterocycles. The molecular formula is C10H12N4O2. The van der Waals surface area contributed by atoms with E-state index in [9.17, 15) is 9.59 Å². The zero-order valence-corrected chi connectivity index (χ0v) is 8.85. The SMILES string of the molecule is O=C1C(=O)N2CCN3CCN4CCN1C2=C43. The van der Waals surface area contributed by atoms with Gasteiger partial charge in [0.25, 0.3) is 0 Å². The number of carbonyl (C=O) groups excluding carboxylic acids is 2. The predicted molar refractivity (Wildman–Crippen MR) is 53.6 cm³/mol. The van der Waals surface area contributed by atoms with Crippen LogP contribution in [0.3, 0.4) is 0 Å². The van der Waals surface area contributed by atoms with Gasteiger partial charge in [0.15, 0.2) is 5.82 Å². The first-order valence-electron chi connectivity index (χ1n) is 5.65. The smallest absolute Gasteiger partial charge is 0.318 e. The summed E-state index contributed by atoms with van der Waals surface area (Å²) in [6.07, 6.45) is 0. The Bertz CT molecular complexity index is 406. The molecule has 16 heavy (non-hydrogen) atoms. The first-order chi connectivity index (χ1) is 7.77. The van der Waals surface area contributed by atoms with Crippen molar-refractivity contribution in [1.82, 2.24) is 19.6 Å². The Morgan fingerprint density at radius 1 is 0.625 bits per heavy atom. The van der Waals surface area contributed by atoms with Crippen LogP contribution in [-0.2, 0) is 9.59 Å². The molecule has 0 aromatic carbocycles. The molecule has 0 saturated carbocycles. The van der Waals surface area contributed by atoms with Crippen LogP contribution < -0.4 is 0 Å². The Labute approximate surface area is 92.7 Å². The molecule has 0 N–H and O–H groups in total. The fourth-order valence-corrected chi connectivity index (χ4v) is 3.04. The van der Waals surface area contributed by atoms with Crippen molar-refractivity contribution in [3.63, 3.8) is 0 Å². The lowest BCUT2D eigenvalue weighted by Crippen LogP contribution is -2.47. The van der Waals surface area contributed by atoms with Gasteiger partial charge in [0.2, 0.25) is 0 Å². The molecule has 0 spiro atoms. The van der Waals surface area contributed by atoms with E-state index in [-0.39, 0.29) is 11.8 Å². The van der Waals surface area contributed by atoms with Crippen molar-refractivity contribution in [1.29, 1.82) is 0 Å².